The molecule has 4 rings (SSSR count). The summed E-state index contributed by atoms with van der Waals surface area (Å²) in [5.74, 6) is -0.747. The molecule has 148 valence electrons. The van der Waals surface area contributed by atoms with Crippen molar-refractivity contribution >= 4 is 57.7 Å². The zero-order chi connectivity index (χ0) is 20.5. The quantitative estimate of drug-likeness (QED) is 0.697. The molecule has 0 bridgehead atoms. The van der Waals surface area contributed by atoms with Crippen LogP contribution in [0.3, 0.4) is 0 Å². The van der Waals surface area contributed by atoms with E-state index < -0.39 is 11.1 Å². The molecule has 1 unspecified atom stereocenters. The van der Waals surface area contributed by atoms with E-state index in [1.54, 1.807) is 18.2 Å². The fourth-order valence-electron chi connectivity index (χ4n) is 3.28. The SMILES string of the molecule is O=C1CSC(=O)N1CC(=O)N1N=C(c2ccccc2Cl)CC1c1ccc(Cl)cc1. The van der Waals surface area contributed by atoms with Gasteiger partial charge in [-0.05, 0) is 23.8 Å². The van der Waals surface area contributed by atoms with Crippen molar-refractivity contribution in [2.45, 2.75) is 12.5 Å². The number of benzene rings is 2. The number of carbonyl (C=O) groups is 3. The van der Waals surface area contributed by atoms with Gasteiger partial charge in [-0.25, -0.2) is 5.01 Å². The van der Waals surface area contributed by atoms with Gasteiger partial charge in [0.25, 0.3) is 11.1 Å². The summed E-state index contributed by atoms with van der Waals surface area (Å²) in [6.07, 6.45) is 0.452. The molecule has 1 fully saturated rings. The topological polar surface area (TPSA) is 70.1 Å². The van der Waals surface area contributed by atoms with Gasteiger partial charge in [-0.2, -0.15) is 5.10 Å². The monoisotopic (exact) mass is 447 g/mol. The second kappa shape index (κ2) is 8.18. The number of amides is 3. The van der Waals surface area contributed by atoms with E-state index >= 15 is 0 Å². The van der Waals surface area contributed by atoms with Crippen LogP contribution in [0.1, 0.15) is 23.6 Å². The molecule has 1 atom stereocenters. The van der Waals surface area contributed by atoms with Gasteiger partial charge < -0.3 is 0 Å². The van der Waals surface area contributed by atoms with Crippen molar-refractivity contribution in [2.75, 3.05) is 12.3 Å². The molecule has 3 amide bonds. The van der Waals surface area contributed by atoms with Crippen LogP contribution in [0.2, 0.25) is 10.0 Å². The highest BCUT2D eigenvalue weighted by atomic mass is 35.5. The molecule has 0 radical (unpaired) electrons. The van der Waals surface area contributed by atoms with Crippen LogP contribution in [0.15, 0.2) is 53.6 Å². The van der Waals surface area contributed by atoms with E-state index in [2.05, 4.69) is 5.10 Å². The number of nitrogens with zero attached hydrogens (tertiary/aromatic N) is 3. The average Bonchev–Trinajstić information content (AvgIpc) is 3.28. The summed E-state index contributed by atoms with van der Waals surface area (Å²) in [7, 11) is 0. The summed E-state index contributed by atoms with van der Waals surface area (Å²) < 4.78 is 0. The highest BCUT2D eigenvalue weighted by molar-refractivity contribution is 8.14. The van der Waals surface area contributed by atoms with Crippen LogP contribution in [-0.2, 0) is 9.59 Å². The van der Waals surface area contributed by atoms with Crippen molar-refractivity contribution in [1.29, 1.82) is 0 Å². The minimum absolute atomic E-state index is 0.0564. The van der Waals surface area contributed by atoms with Gasteiger partial charge in [0, 0.05) is 22.0 Å². The van der Waals surface area contributed by atoms with Gasteiger partial charge in [-0.15, -0.1) is 0 Å². The Morgan fingerprint density at radius 3 is 2.48 bits per heavy atom. The maximum atomic E-state index is 13.0. The van der Waals surface area contributed by atoms with Crippen LogP contribution >= 0.6 is 35.0 Å². The Hall–Kier alpha value is -2.35. The van der Waals surface area contributed by atoms with Gasteiger partial charge in [0.1, 0.15) is 6.54 Å². The molecule has 0 spiro atoms. The molecule has 0 aromatic heterocycles. The van der Waals surface area contributed by atoms with E-state index in [4.69, 9.17) is 23.2 Å². The number of thioether (sulfide) groups is 1. The van der Waals surface area contributed by atoms with Crippen molar-refractivity contribution in [3.63, 3.8) is 0 Å². The third-order valence-corrected chi connectivity index (χ3v) is 6.18. The molecule has 2 aliphatic rings. The summed E-state index contributed by atoms with van der Waals surface area (Å²) in [6.45, 7) is -0.339. The highest BCUT2D eigenvalue weighted by Crippen LogP contribution is 2.35. The number of rotatable bonds is 4. The number of hydrazone groups is 1. The average molecular weight is 448 g/mol. The predicted molar refractivity (Wildman–Crippen MR) is 113 cm³/mol. The van der Waals surface area contributed by atoms with Crippen molar-refractivity contribution in [2.24, 2.45) is 5.10 Å². The molecule has 0 N–H and O–H groups in total. The Balaban J connectivity index is 1.66. The summed E-state index contributed by atoms with van der Waals surface area (Å²) in [4.78, 5) is 37.8. The highest BCUT2D eigenvalue weighted by Gasteiger charge is 2.38. The van der Waals surface area contributed by atoms with E-state index in [9.17, 15) is 14.4 Å². The molecule has 2 aromatic carbocycles. The Morgan fingerprint density at radius 2 is 1.83 bits per heavy atom. The van der Waals surface area contributed by atoms with E-state index in [0.717, 1.165) is 27.8 Å². The number of hydrogen-bond donors (Lipinski definition) is 0. The first-order chi connectivity index (χ1) is 13.9. The summed E-state index contributed by atoms with van der Waals surface area (Å²) >= 11 is 13.2. The summed E-state index contributed by atoms with van der Waals surface area (Å²) in [5.41, 5.74) is 2.26. The molecular weight excluding hydrogens is 433 g/mol. The first-order valence-electron chi connectivity index (χ1n) is 8.81. The Labute approximate surface area is 181 Å². The fourth-order valence-corrected chi connectivity index (χ4v) is 4.38. The van der Waals surface area contributed by atoms with E-state index in [0.29, 0.717) is 22.2 Å². The molecule has 2 aromatic rings. The molecule has 9 heteroatoms. The molecule has 2 aliphatic heterocycles. The molecule has 29 heavy (non-hydrogen) atoms. The Bertz CT molecular complexity index is 1010. The number of hydrogen-bond acceptors (Lipinski definition) is 5. The maximum Gasteiger partial charge on any atom is 0.289 e. The van der Waals surface area contributed by atoms with Gasteiger partial charge in [0.05, 0.1) is 17.5 Å². The van der Waals surface area contributed by atoms with Crippen LogP contribution < -0.4 is 0 Å². The largest absolute Gasteiger partial charge is 0.289 e. The van der Waals surface area contributed by atoms with Crippen LogP contribution in [0.25, 0.3) is 0 Å². The Morgan fingerprint density at radius 1 is 1.10 bits per heavy atom. The third kappa shape index (κ3) is 4.03. The number of halogens is 2. The lowest BCUT2D eigenvalue weighted by molar-refractivity contribution is -0.137. The van der Waals surface area contributed by atoms with Crippen molar-refractivity contribution in [1.82, 2.24) is 9.91 Å². The molecule has 1 saturated heterocycles. The lowest BCUT2D eigenvalue weighted by Crippen LogP contribution is -2.40. The van der Waals surface area contributed by atoms with Gasteiger partial charge in [0.2, 0.25) is 5.91 Å². The van der Waals surface area contributed by atoms with E-state index in [1.165, 1.54) is 5.01 Å². The summed E-state index contributed by atoms with van der Waals surface area (Å²) in [6, 6.07) is 14.1. The van der Waals surface area contributed by atoms with E-state index in [-0.39, 0.29) is 24.2 Å². The van der Waals surface area contributed by atoms with Crippen molar-refractivity contribution in [3.05, 3.63) is 69.7 Å². The first-order valence-corrected chi connectivity index (χ1v) is 10.5. The van der Waals surface area contributed by atoms with Gasteiger partial charge in [-0.3, -0.25) is 19.3 Å². The minimum Gasteiger partial charge on any atom is -0.273 e. The predicted octanol–water partition coefficient (Wildman–Crippen LogP) is 4.37. The van der Waals surface area contributed by atoms with Crippen molar-refractivity contribution < 1.29 is 14.4 Å². The van der Waals surface area contributed by atoms with Crippen LogP contribution in [0.5, 0.6) is 0 Å². The molecule has 6 nitrogen and oxygen atoms in total. The standard InChI is InChI=1S/C20H15Cl2N3O3S/c21-13-7-5-12(6-8-13)17-9-16(14-3-1-2-4-15(14)22)23-25(17)18(26)10-24-19(27)11-29-20(24)28/h1-8,17H,9-11H2. The fraction of sp³-hybridized carbons (Fsp3) is 0.200. The number of carbonyl (C=O) groups excluding carboxylic acids is 3. The second-order valence-electron chi connectivity index (χ2n) is 6.57. The van der Waals surface area contributed by atoms with Gasteiger partial charge in [0.15, 0.2) is 0 Å². The Kier molecular flexibility index (Phi) is 5.63. The lowest BCUT2D eigenvalue weighted by atomic mass is 9.98. The van der Waals surface area contributed by atoms with Gasteiger partial charge >= 0.3 is 0 Å². The normalized spacial score (nSPS) is 19.1. The van der Waals surface area contributed by atoms with Crippen LogP contribution in [0.4, 0.5) is 4.79 Å². The first kappa shape index (κ1) is 19.9. The molecule has 0 aliphatic carbocycles. The summed E-state index contributed by atoms with van der Waals surface area (Å²) in [5, 5.41) is 6.57. The second-order valence-corrected chi connectivity index (χ2v) is 8.34. The minimum atomic E-state index is -0.434. The van der Waals surface area contributed by atoms with Crippen LogP contribution in [-0.4, -0.2) is 45.0 Å². The van der Waals surface area contributed by atoms with E-state index in [1.807, 2.05) is 30.3 Å². The van der Waals surface area contributed by atoms with Gasteiger partial charge in [-0.1, -0.05) is 65.3 Å². The number of imide groups is 1. The molecule has 2 heterocycles. The zero-order valence-electron chi connectivity index (χ0n) is 15.0. The lowest BCUT2D eigenvalue weighted by Gasteiger charge is -2.23. The zero-order valence-corrected chi connectivity index (χ0v) is 17.4. The smallest absolute Gasteiger partial charge is 0.273 e. The van der Waals surface area contributed by atoms with Crippen LogP contribution in [0, 0.1) is 0 Å². The molecular formula is C20H15Cl2N3O3S. The molecule has 0 saturated carbocycles. The maximum absolute atomic E-state index is 13.0. The van der Waals surface area contributed by atoms with Crippen molar-refractivity contribution in [3.8, 4) is 0 Å². The third-order valence-electron chi connectivity index (χ3n) is 4.74.